The molecule has 6 nitrogen and oxygen atoms in total. The third kappa shape index (κ3) is 33.5. The third-order valence-electron chi connectivity index (χ3n) is 10.4. The summed E-state index contributed by atoms with van der Waals surface area (Å²) in [4.78, 5) is 36.7. The fraction of sp³-hybridized carbons (Fsp3) is 0.932. The number of hydrogen-bond donors (Lipinski definition) is 0. The van der Waals surface area contributed by atoms with Crippen LogP contribution >= 0.6 is 0 Å². The molecule has 0 aromatic rings. The Bertz CT molecular complexity index is 716. The van der Waals surface area contributed by atoms with Gasteiger partial charge in [-0.15, -0.1) is 0 Å². The van der Waals surface area contributed by atoms with Gasteiger partial charge in [-0.1, -0.05) is 201 Å². The first-order valence-electron chi connectivity index (χ1n) is 21.8. The lowest BCUT2D eigenvalue weighted by Gasteiger charge is -2.31. The summed E-state index contributed by atoms with van der Waals surface area (Å²) in [6, 6.07) is 0. The Kier molecular flexibility index (Phi) is 36.0. The molecule has 0 bridgehead atoms. The third-order valence-corrected chi connectivity index (χ3v) is 10.4. The van der Waals surface area contributed by atoms with Crippen LogP contribution in [-0.2, 0) is 28.6 Å². The van der Waals surface area contributed by atoms with Gasteiger partial charge in [0.1, 0.15) is 19.8 Å². The second-order valence-electron chi connectivity index (χ2n) is 15.4. The van der Waals surface area contributed by atoms with Gasteiger partial charge in [0.25, 0.3) is 0 Å². The Labute approximate surface area is 310 Å². The SMILES string of the molecule is CCCCCCCCCCCCCCCCCC(=O)OCC(CC)(COC(C)=O)COC(=O)CCCCCCCCCCCCCCCCC. The van der Waals surface area contributed by atoms with E-state index in [2.05, 4.69) is 13.8 Å². The van der Waals surface area contributed by atoms with Gasteiger partial charge >= 0.3 is 17.9 Å². The summed E-state index contributed by atoms with van der Waals surface area (Å²) in [6.45, 7) is 8.09. The van der Waals surface area contributed by atoms with Crippen molar-refractivity contribution >= 4 is 17.9 Å². The molecule has 0 saturated carbocycles. The highest BCUT2D eigenvalue weighted by molar-refractivity contribution is 5.70. The van der Waals surface area contributed by atoms with Crippen LogP contribution in [0.2, 0.25) is 0 Å². The van der Waals surface area contributed by atoms with Gasteiger partial charge in [0.2, 0.25) is 0 Å². The Balaban J connectivity index is 4.02. The highest BCUT2D eigenvalue weighted by Crippen LogP contribution is 2.25. The van der Waals surface area contributed by atoms with Crippen molar-refractivity contribution in [3.63, 3.8) is 0 Å². The highest BCUT2D eigenvalue weighted by Gasteiger charge is 2.34. The Hall–Kier alpha value is -1.59. The molecule has 0 aliphatic heterocycles. The molecule has 6 heteroatoms. The van der Waals surface area contributed by atoms with E-state index >= 15 is 0 Å². The zero-order valence-corrected chi connectivity index (χ0v) is 33.9. The van der Waals surface area contributed by atoms with Gasteiger partial charge in [-0.2, -0.15) is 0 Å². The first-order chi connectivity index (χ1) is 24.4. The summed E-state index contributed by atoms with van der Waals surface area (Å²) in [7, 11) is 0. The van der Waals surface area contributed by atoms with Crippen LogP contribution in [0.25, 0.3) is 0 Å². The summed E-state index contributed by atoms with van der Waals surface area (Å²) < 4.78 is 16.6. The van der Waals surface area contributed by atoms with E-state index in [4.69, 9.17) is 14.2 Å². The maximum atomic E-state index is 12.5. The lowest BCUT2D eigenvalue weighted by molar-refractivity contribution is -0.161. The first kappa shape index (κ1) is 48.4. The molecule has 0 unspecified atom stereocenters. The number of carbonyl (C=O) groups is 3. The van der Waals surface area contributed by atoms with Crippen molar-refractivity contribution in [1.29, 1.82) is 0 Å². The fourth-order valence-corrected chi connectivity index (χ4v) is 6.58. The summed E-state index contributed by atoms with van der Waals surface area (Å²) in [6.07, 6.45) is 39.9. The smallest absolute Gasteiger partial charge is 0.305 e. The van der Waals surface area contributed by atoms with Crippen LogP contribution in [0.15, 0.2) is 0 Å². The number of rotatable bonds is 39. The number of carbonyl (C=O) groups excluding carboxylic acids is 3. The molecule has 0 spiro atoms. The normalized spacial score (nSPS) is 11.5. The molecule has 0 aromatic carbocycles. The average molecular weight is 709 g/mol. The van der Waals surface area contributed by atoms with Crippen molar-refractivity contribution in [2.24, 2.45) is 5.41 Å². The van der Waals surface area contributed by atoms with Gasteiger partial charge in [0.05, 0.1) is 5.41 Å². The molecular formula is C44H84O6. The van der Waals surface area contributed by atoms with Crippen molar-refractivity contribution in [3.8, 4) is 0 Å². The minimum Gasteiger partial charge on any atom is -0.465 e. The van der Waals surface area contributed by atoms with Crippen molar-refractivity contribution in [1.82, 2.24) is 0 Å². The predicted octanol–water partition coefficient (Wildman–Crippen LogP) is 13.6. The quantitative estimate of drug-likeness (QED) is 0.0359. The lowest BCUT2D eigenvalue weighted by Crippen LogP contribution is -2.39. The van der Waals surface area contributed by atoms with Gasteiger partial charge in [-0.25, -0.2) is 0 Å². The Morgan fingerprint density at radius 3 is 0.840 bits per heavy atom. The van der Waals surface area contributed by atoms with E-state index in [-0.39, 0.29) is 31.8 Å². The molecule has 0 aliphatic carbocycles. The summed E-state index contributed by atoms with van der Waals surface area (Å²) in [5.74, 6) is -0.856. The van der Waals surface area contributed by atoms with Gasteiger partial charge in [-0.3, -0.25) is 14.4 Å². The highest BCUT2D eigenvalue weighted by atomic mass is 16.6. The van der Waals surface area contributed by atoms with Crippen LogP contribution in [0, 0.1) is 5.41 Å². The minimum absolute atomic E-state index is 0.0668. The van der Waals surface area contributed by atoms with Crippen LogP contribution < -0.4 is 0 Å². The first-order valence-corrected chi connectivity index (χ1v) is 21.8. The standard InChI is InChI=1S/C44H84O6/c1-5-8-10-12-14-16-18-20-22-24-26-28-30-32-34-36-42(46)49-39-44(7-3,38-48-41(4)45)40-50-43(47)37-35-33-31-29-27-25-23-21-19-17-15-13-11-9-6-2/h5-40H2,1-4H3. The molecule has 0 radical (unpaired) electrons. The van der Waals surface area contributed by atoms with Crippen molar-refractivity contribution in [2.45, 2.75) is 240 Å². The van der Waals surface area contributed by atoms with Crippen LogP contribution in [0.1, 0.15) is 240 Å². The Morgan fingerprint density at radius 2 is 0.600 bits per heavy atom. The van der Waals surface area contributed by atoms with Crippen molar-refractivity contribution in [3.05, 3.63) is 0 Å². The largest absolute Gasteiger partial charge is 0.465 e. The molecule has 0 fully saturated rings. The zero-order chi connectivity index (χ0) is 36.8. The van der Waals surface area contributed by atoms with E-state index in [1.54, 1.807) is 0 Å². The topological polar surface area (TPSA) is 78.9 Å². The van der Waals surface area contributed by atoms with Crippen LogP contribution in [-0.4, -0.2) is 37.7 Å². The average Bonchev–Trinajstić information content (AvgIpc) is 3.11. The van der Waals surface area contributed by atoms with Crippen LogP contribution in [0.4, 0.5) is 0 Å². The molecule has 0 heterocycles. The van der Waals surface area contributed by atoms with E-state index in [0.717, 1.165) is 38.5 Å². The van der Waals surface area contributed by atoms with Gasteiger partial charge in [-0.05, 0) is 19.3 Å². The summed E-state index contributed by atoms with van der Waals surface area (Å²) >= 11 is 0. The molecule has 296 valence electrons. The van der Waals surface area contributed by atoms with E-state index in [0.29, 0.717) is 19.3 Å². The number of ether oxygens (including phenoxy) is 3. The summed E-state index contributed by atoms with van der Waals surface area (Å²) in [5, 5.41) is 0. The predicted molar refractivity (Wildman–Crippen MR) is 210 cm³/mol. The number of esters is 3. The molecule has 50 heavy (non-hydrogen) atoms. The van der Waals surface area contributed by atoms with E-state index in [9.17, 15) is 14.4 Å². The van der Waals surface area contributed by atoms with Crippen LogP contribution in [0.5, 0.6) is 0 Å². The maximum absolute atomic E-state index is 12.5. The molecular weight excluding hydrogens is 624 g/mol. The molecule has 0 N–H and O–H groups in total. The van der Waals surface area contributed by atoms with Crippen molar-refractivity contribution < 1.29 is 28.6 Å². The maximum Gasteiger partial charge on any atom is 0.305 e. The lowest BCUT2D eigenvalue weighted by atomic mass is 9.88. The number of hydrogen-bond acceptors (Lipinski definition) is 6. The van der Waals surface area contributed by atoms with Gasteiger partial charge in [0.15, 0.2) is 0 Å². The van der Waals surface area contributed by atoms with Gasteiger partial charge in [0, 0.05) is 19.8 Å². The van der Waals surface area contributed by atoms with E-state index < -0.39 is 11.4 Å². The van der Waals surface area contributed by atoms with Gasteiger partial charge < -0.3 is 14.2 Å². The zero-order valence-electron chi connectivity index (χ0n) is 33.9. The molecule has 0 amide bonds. The molecule has 0 saturated heterocycles. The Morgan fingerprint density at radius 1 is 0.360 bits per heavy atom. The molecule has 0 atom stereocenters. The van der Waals surface area contributed by atoms with E-state index in [1.807, 2.05) is 6.92 Å². The van der Waals surface area contributed by atoms with Crippen LogP contribution in [0.3, 0.4) is 0 Å². The molecule has 0 rings (SSSR count). The second kappa shape index (κ2) is 37.2. The summed E-state index contributed by atoms with van der Waals surface area (Å²) in [5.41, 5.74) is -0.721. The fourth-order valence-electron chi connectivity index (χ4n) is 6.58. The monoisotopic (exact) mass is 709 g/mol. The minimum atomic E-state index is -0.721. The number of unbranched alkanes of at least 4 members (excludes halogenated alkanes) is 28. The molecule has 0 aromatic heterocycles. The molecule has 0 aliphatic rings. The van der Waals surface area contributed by atoms with Crippen molar-refractivity contribution in [2.75, 3.05) is 19.8 Å². The second-order valence-corrected chi connectivity index (χ2v) is 15.4. The van der Waals surface area contributed by atoms with E-state index in [1.165, 1.54) is 161 Å².